The average molecular weight is 791 g/mol. The molecule has 3 fully saturated rings. The van der Waals surface area contributed by atoms with Gasteiger partial charge in [-0.3, -0.25) is 14.4 Å². The van der Waals surface area contributed by atoms with E-state index in [4.69, 9.17) is 25.5 Å². The van der Waals surface area contributed by atoms with Crippen molar-refractivity contribution in [3.8, 4) is 5.75 Å². The summed E-state index contributed by atoms with van der Waals surface area (Å²) >= 11 is 0. The van der Waals surface area contributed by atoms with Crippen molar-refractivity contribution in [1.82, 2.24) is 19.8 Å². The van der Waals surface area contributed by atoms with Crippen LogP contribution in [0.5, 0.6) is 5.75 Å². The van der Waals surface area contributed by atoms with Gasteiger partial charge in [0.25, 0.3) is 11.8 Å². The summed E-state index contributed by atoms with van der Waals surface area (Å²) in [6.45, 7) is 5.85. The molecule has 1 atom stereocenters. The zero-order chi connectivity index (χ0) is 40.5. The first-order valence-electron chi connectivity index (χ1n) is 20.6. The Labute approximate surface area is 342 Å². The van der Waals surface area contributed by atoms with Crippen molar-refractivity contribution >= 4 is 52.2 Å². The molecule has 4 aliphatic heterocycles. The van der Waals surface area contributed by atoms with E-state index in [1.807, 2.05) is 76.5 Å². The van der Waals surface area contributed by atoms with E-state index < -0.39 is 18.7 Å². The van der Waals surface area contributed by atoms with Crippen LogP contribution in [0.25, 0.3) is 21.8 Å². The Morgan fingerprint density at radius 3 is 2.27 bits per heavy atom. The zero-order valence-electron chi connectivity index (χ0n) is 33.1. The van der Waals surface area contributed by atoms with Crippen LogP contribution in [0.3, 0.4) is 0 Å². The number of H-pyrrole nitrogens is 2. The maximum absolute atomic E-state index is 13.8. The molecule has 12 nitrogen and oxygen atoms in total. The number of nitrogens with two attached hydrogens (primary N) is 2. The van der Waals surface area contributed by atoms with E-state index in [-0.39, 0.29) is 17.2 Å². The molecule has 3 saturated heterocycles. The molecule has 0 bridgehead atoms. The first-order valence-corrected chi connectivity index (χ1v) is 20.6. The predicted molar refractivity (Wildman–Crippen MR) is 225 cm³/mol. The van der Waals surface area contributed by atoms with Crippen LogP contribution < -0.4 is 21.7 Å². The number of nitrogens with zero attached hydrogens (tertiary/aromatic N) is 2. The van der Waals surface area contributed by atoms with Crippen LogP contribution in [-0.4, -0.2) is 77.5 Å². The van der Waals surface area contributed by atoms with Gasteiger partial charge >= 0.3 is 13.1 Å². The molecule has 6 N–H and O–H groups in total. The molecule has 10 rings (SSSR count). The maximum atomic E-state index is 13.8. The van der Waals surface area contributed by atoms with Crippen molar-refractivity contribution in [1.29, 1.82) is 0 Å². The van der Waals surface area contributed by atoms with Crippen molar-refractivity contribution in [3.63, 3.8) is 0 Å². The van der Waals surface area contributed by atoms with Gasteiger partial charge < -0.3 is 45.3 Å². The summed E-state index contributed by atoms with van der Waals surface area (Å²) in [4.78, 5) is 51.7. The summed E-state index contributed by atoms with van der Waals surface area (Å²) < 4.78 is 18.5. The Balaban J connectivity index is 0.823. The number of fused-ring (bicyclic) bond motifs is 4. The lowest BCUT2D eigenvalue weighted by molar-refractivity contribution is -0.142. The molecule has 300 valence electrons. The highest BCUT2D eigenvalue weighted by Gasteiger charge is 2.52. The molecule has 6 heterocycles. The second-order valence-corrected chi connectivity index (χ2v) is 16.8. The number of benzene rings is 4. The highest BCUT2D eigenvalue weighted by molar-refractivity contribution is 6.64. The van der Waals surface area contributed by atoms with Gasteiger partial charge in [-0.2, -0.15) is 0 Å². The largest absolute Gasteiger partial charge is 0.565 e. The third-order valence-corrected chi connectivity index (χ3v) is 13.3. The lowest BCUT2D eigenvalue weighted by Crippen LogP contribution is -2.46. The fraction of sp³-hybridized carbons (Fsp3) is 0.326. The fourth-order valence-electron chi connectivity index (χ4n) is 9.72. The van der Waals surface area contributed by atoms with E-state index >= 15 is 0 Å². The standard InChI is InChI=1S/C46H47BN6O6/c1-45(35-6-3-7-37-34(35)24-40(50-37)43(55)52-16-12-30(13-17-52)31-5-2-4-28(20-31)25-48)44(56)58-47(59-45)33-10-9-32-22-39(51-38(32)23-33)42(54)53-18-14-46(15-19-53)27-57-41-11-8-29(26-49)21-36(41)46/h2-11,20-24,30,50-51H,12-19,25-27,48-49H2,1H3/t45-/m0/s1. The van der Waals surface area contributed by atoms with Gasteiger partial charge in [0.15, 0.2) is 5.60 Å². The minimum absolute atomic E-state index is 0.0564. The number of aromatic amines is 2. The van der Waals surface area contributed by atoms with E-state index in [0.717, 1.165) is 64.4 Å². The van der Waals surface area contributed by atoms with Crippen molar-refractivity contribution in [2.45, 2.75) is 62.6 Å². The van der Waals surface area contributed by atoms with Gasteiger partial charge in [0.05, 0.1) is 6.61 Å². The number of carbonyl (C=O) groups excluding carboxylic acids is 3. The summed E-state index contributed by atoms with van der Waals surface area (Å²) in [5.41, 5.74) is 18.6. The lowest BCUT2D eigenvalue weighted by Gasteiger charge is -2.38. The number of amides is 2. The van der Waals surface area contributed by atoms with Gasteiger partial charge in [-0.05, 0) is 91.0 Å². The van der Waals surface area contributed by atoms with Crippen LogP contribution in [0.2, 0.25) is 0 Å². The molecular formula is C46H47BN6O6. The van der Waals surface area contributed by atoms with Crippen molar-refractivity contribution in [3.05, 3.63) is 130 Å². The summed E-state index contributed by atoms with van der Waals surface area (Å²) in [7, 11) is -0.976. The zero-order valence-corrected chi connectivity index (χ0v) is 33.1. The second kappa shape index (κ2) is 14.4. The summed E-state index contributed by atoms with van der Waals surface area (Å²) in [5, 5.41) is 1.59. The SMILES string of the molecule is C[C@@]1(c2cccc3[nH]c(C(=O)N4CCC(c5cccc(CN)c5)CC4)cc23)OB(c2ccc3cc(C(=O)N4CCC5(CC4)COc4ccc(CN)cc45)[nH]c3c2)OC1=O. The Morgan fingerprint density at radius 2 is 1.49 bits per heavy atom. The molecule has 0 unspecified atom stereocenters. The molecule has 59 heavy (non-hydrogen) atoms. The van der Waals surface area contributed by atoms with Gasteiger partial charge in [0.2, 0.25) is 0 Å². The molecule has 0 aliphatic carbocycles. The third kappa shape index (κ3) is 6.39. The first kappa shape index (κ1) is 37.4. The number of carbonyl (C=O) groups is 3. The topological polar surface area (TPSA) is 169 Å². The van der Waals surface area contributed by atoms with Gasteiger partial charge in [-0.15, -0.1) is 0 Å². The summed E-state index contributed by atoms with van der Waals surface area (Å²) in [6.07, 6.45) is 3.37. The van der Waals surface area contributed by atoms with E-state index in [2.05, 4.69) is 34.2 Å². The van der Waals surface area contributed by atoms with Crippen LogP contribution in [0.1, 0.15) is 87.3 Å². The molecule has 2 amide bonds. The number of nitrogens with one attached hydrogen (secondary N) is 2. The smallest absolute Gasteiger partial charge is 0.503 e. The van der Waals surface area contributed by atoms with Gasteiger partial charge in [0, 0.05) is 77.6 Å². The third-order valence-electron chi connectivity index (χ3n) is 13.3. The monoisotopic (exact) mass is 790 g/mol. The molecule has 0 saturated carbocycles. The Morgan fingerprint density at radius 1 is 0.780 bits per heavy atom. The number of piperidine rings is 2. The van der Waals surface area contributed by atoms with E-state index in [9.17, 15) is 14.4 Å². The number of aromatic nitrogens is 2. The molecule has 1 spiro atoms. The highest BCUT2D eigenvalue weighted by Crippen LogP contribution is 2.46. The summed E-state index contributed by atoms with van der Waals surface area (Å²) in [5.74, 6) is 0.647. The highest BCUT2D eigenvalue weighted by atomic mass is 16.7. The van der Waals surface area contributed by atoms with E-state index in [1.165, 1.54) is 11.1 Å². The van der Waals surface area contributed by atoms with Crippen LogP contribution >= 0.6 is 0 Å². The number of likely N-dealkylation sites (tertiary alicyclic amines) is 2. The van der Waals surface area contributed by atoms with Crippen LogP contribution in [0.15, 0.2) is 91.0 Å². The fourth-order valence-corrected chi connectivity index (χ4v) is 9.72. The van der Waals surface area contributed by atoms with Crippen molar-refractivity contribution in [2.75, 3.05) is 32.8 Å². The minimum atomic E-state index is -1.43. The quantitative estimate of drug-likeness (QED) is 0.157. The Hall–Kier alpha value is -5.89. The lowest BCUT2D eigenvalue weighted by atomic mass is 9.74. The Bertz CT molecular complexity index is 2640. The van der Waals surface area contributed by atoms with E-state index in [1.54, 1.807) is 6.92 Å². The van der Waals surface area contributed by atoms with Crippen LogP contribution in [0.4, 0.5) is 0 Å². The average Bonchev–Trinajstić information content (AvgIpc) is 4.07. The second-order valence-electron chi connectivity index (χ2n) is 16.8. The van der Waals surface area contributed by atoms with Crippen LogP contribution in [0, 0.1) is 0 Å². The molecular weight excluding hydrogens is 743 g/mol. The molecule has 4 aromatic carbocycles. The predicted octanol–water partition coefficient (Wildman–Crippen LogP) is 5.34. The van der Waals surface area contributed by atoms with Gasteiger partial charge in [0.1, 0.15) is 17.1 Å². The van der Waals surface area contributed by atoms with E-state index in [0.29, 0.717) is 74.2 Å². The number of ether oxygens (including phenoxy) is 1. The summed E-state index contributed by atoms with van der Waals surface area (Å²) in [6, 6.07) is 29.5. The first-order chi connectivity index (χ1) is 28.6. The van der Waals surface area contributed by atoms with Crippen molar-refractivity contribution < 1.29 is 28.4 Å². The Kier molecular flexibility index (Phi) is 9.15. The molecule has 0 radical (unpaired) electrons. The van der Waals surface area contributed by atoms with Crippen LogP contribution in [-0.2, 0) is 38.2 Å². The van der Waals surface area contributed by atoms with Gasteiger partial charge in [-0.1, -0.05) is 60.7 Å². The van der Waals surface area contributed by atoms with Gasteiger partial charge in [-0.25, -0.2) is 0 Å². The number of hydrogen-bond donors (Lipinski definition) is 4. The number of hydrogen-bond acceptors (Lipinski definition) is 8. The molecule has 13 heteroatoms. The van der Waals surface area contributed by atoms with Crippen molar-refractivity contribution in [2.24, 2.45) is 11.5 Å². The number of rotatable bonds is 7. The molecule has 6 aromatic rings. The molecule has 2 aromatic heterocycles. The maximum Gasteiger partial charge on any atom is 0.565 e. The normalized spacial score (nSPS) is 20.4. The molecule has 4 aliphatic rings. The minimum Gasteiger partial charge on any atom is -0.503 e.